The van der Waals surface area contributed by atoms with Crippen LogP contribution in [0.1, 0.15) is 51.5 Å². The van der Waals surface area contributed by atoms with Gasteiger partial charge in [0.2, 0.25) is 18.2 Å². The lowest BCUT2D eigenvalue weighted by molar-refractivity contribution is -0.134. The highest BCUT2D eigenvalue weighted by Gasteiger charge is 2.10. The molecule has 1 rings (SSSR count). The zero-order chi connectivity index (χ0) is 22.2. The van der Waals surface area contributed by atoms with Crippen LogP contribution in [0.3, 0.4) is 0 Å². The summed E-state index contributed by atoms with van der Waals surface area (Å²) in [7, 11) is 0. The van der Waals surface area contributed by atoms with Crippen molar-refractivity contribution in [2.75, 3.05) is 13.1 Å². The lowest BCUT2D eigenvalue weighted by Gasteiger charge is -2.14. The average Bonchev–Trinajstić information content (AvgIpc) is 2.71. The van der Waals surface area contributed by atoms with Crippen molar-refractivity contribution in [3.8, 4) is 0 Å². The number of imide groups is 1. The summed E-state index contributed by atoms with van der Waals surface area (Å²) in [4.78, 5) is 47.5. The van der Waals surface area contributed by atoms with Crippen LogP contribution in [0.5, 0.6) is 0 Å². The molecule has 30 heavy (non-hydrogen) atoms. The Labute approximate surface area is 178 Å². The molecule has 1 aromatic rings. The first-order valence-corrected chi connectivity index (χ1v) is 10.4. The Morgan fingerprint density at radius 3 is 2.43 bits per heavy atom. The lowest BCUT2D eigenvalue weighted by Crippen LogP contribution is -2.36. The van der Waals surface area contributed by atoms with Gasteiger partial charge in [0.1, 0.15) is 0 Å². The fourth-order valence-corrected chi connectivity index (χ4v) is 2.97. The number of amides is 4. The van der Waals surface area contributed by atoms with E-state index in [2.05, 4.69) is 10.6 Å². The molecule has 0 aliphatic rings. The van der Waals surface area contributed by atoms with E-state index in [0.29, 0.717) is 38.8 Å². The van der Waals surface area contributed by atoms with Crippen LogP contribution in [0.15, 0.2) is 42.5 Å². The van der Waals surface area contributed by atoms with Gasteiger partial charge >= 0.3 is 0 Å². The maximum absolute atomic E-state index is 12.0. The normalized spacial score (nSPS) is 11.7. The summed E-state index contributed by atoms with van der Waals surface area (Å²) in [6.07, 6.45) is 6.88. The molecule has 1 aromatic carbocycles. The van der Waals surface area contributed by atoms with Gasteiger partial charge in [-0.3, -0.25) is 24.1 Å². The SMILES string of the molecule is C/C=C\C(=O)N(C=O)CCCCCC(=O)NCCC(=O)NC(C)Cc1ccccc1. The second kappa shape index (κ2) is 15.0. The maximum Gasteiger partial charge on any atom is 0.252 e. The van der Waals surface area contributed by atoms with Gasteiger partial charge in [0.15, 0.2) is 0 Å². The van der Waals surface area contributed by atoms with Gasteiger partial charge in [-0.1, -0.05) is 42.8 Å². The van der Waals surface area contributed by atoms with Gasteiger partial charge in [-0.15, -0.1) is 0 Å². The van der Waals surface area contributed by atoms with Crippen molar-refractivity contribution in [2.24, 2.45) is 0 Å². The standard InChI is InChI=1S/C23H33N3O4/c1-3-10-23(30)26(18-27)16-9-5-8-13-21(28)24-15-14-22(29)25-19(2)17-20-11-6-4-7-12-20/h3-4,6-7,10-12,18-19H,5,8-9,13-17H2,1-2H3,(H,24,28)(H,25,29)/b10-3-. The Morgan fingerprint density at radius 1 is 1.03 bits per heavy atom. The molecule has 0 aromatic heterocycles. The third-order valence-corrected chi connectivity index (χ3v) is 4.49. The Hall–Kier alpha value is -2.96. The molecule has 1 atom stereocenters. The molecule has 0 aliphatic heterocycles. The molecule has 0 radical (unpaired) electrons. The molecule has 0 saturated carbocycles. The van der Waals surface area contributed by atoms with Crippen LogP contribution in [-0.4, -0.2) is 48.2 Å². The van der Waals surface area contributed by atoms with Crippen LogP contribution >= 0.6 is 0 Å². The Kier molecular flexibility index (Phi) is 12.5. The topological polar surface area (TPSA) is 95.6 Å². The third-order valence-electron chi connectivity index (χ3n) is 4.49. The van der Waals surface area contributed by atoms with E-state index in [9.17, 15) is 19.2 Å². The number of benzene rings is 1. The predicted molar refractivity (Wildman–Crippen MR) is 116 cm³/mol. The minimum absolute atomic E-state index is 0.0289. The quantitative estimate of drug-likeness (QED) is 0.277. The zero-order valence-electron chi connectivity index (χ0n) is 17.9. The number of hydrogen-bond donors (Lipinski definition) is 2. The third kappa shape index (κ3) is 11.1. The number of nitrogens with one attached hydrogen (secondary N) is 2. The van der Waals surface area contributed by atoms with Crippen LogP contribution in [0.2, 0.25) is 0 Å². The molecule has 7 nitrogen and oxygen atoms in total. The van der Waals surface area contributed by atoms with Crippen molar-refractivity contribution in [3.63, 3.8) is 0 Å². The molecule has 0 bridgehead atoms. The molecule has 4 amide bonds. The Bertz CT molecular complexity index is 704. The lowest BCUT2D eigenvalue weighted by atomic mass is 10.1. The van der Waals surface area contributed by atoms with E-state index < -0.39 is 0 Å². The summed E-state index contributed by atoms with van der Waals surface area (Å²) in [6, 6.07) is 9.99. The molecule has 0 saturated heterocycles. The minimum Gasteiger partial charge on any atom is -0.356 e. The van der Waals surface area contributed by atoms with Crippen LogP contribution in [0.25, 0.3) is 0 Å². The molecule has 164 valence electrons. The monoisotopic (exact) mass is 415 g/mol. The van der Waals surface area contributed by atoms with E-state index >= 15 is 0 Å². The minimum atomic E-state index is -0.332. The van der Waals surface area contributed by atoms with Crippen molar-refractivity contribution in [2.45, 2.75) is 58.4 Å². The first kappa shape index (κ1) is 25.1. The van der Waals surface area contributed by atoms with Crippen molar-refractivity contribution in [1.82, 2.24) is 15.5 Å². The number of rotatable bonds is 14. The smallest absolute Gasteiger partial charge is 0.252 e. The molecule has 1 unspecified atom stereocenters. The molecule has 2 N–H and O–H groups in total. The first-order valence-electron chi connectivity index (χ1n) is 10.4. The van der Waals surface area contributed by atoms with Gasteiger partial charge in [-0.2, -0.15) is 0 Å². The Morgan fingerprint density at radius 2 is 1.77 bits per heavy atom. The summed E-state index contributed by atoms with van der Waals surface area (Å²) in [5.74, 6) is -0.516. The zero-order valence-corrected chi connectivity index (χ0v) is 17.9. The van der Waals surface area contributed by atoms with Gasteiger partial charge in [-0.05, 0) is 44.7 Å². The van der Waals surface area contributed by atoms with Crippen LogP contribution in [-0.2, 0) is 25.6 Å². The van der Waals surface area contributed by atoms with Crippen LogP contribution in [0, 0.1) is 0 Å². The largest absolute Gasteiger partial charge is 0.356 e. The van der Waals surface area contributed by atoms with Crippen molar-refractivity contribution < 1.29 is 19.2 Å². The van der Waals surface area contributed by atoms with E-state index in [0.717, 1.165) is 17.7 Å². The Balaban J connectivity index is 2.10. The van der Waals surface area contributed by atoms with Gasteiger partial charge in [0, 0.05) is 32.0 Å². The number of nitrogens with zero attached hydrogens (tertiary/aromatic N) is 1. The highest BCUT2D eigenvalue weighted by molar-refractivity contribution is 5.94. The molecule has 0 heterocycles. The second-order valence-electron chi connectivity index (χ2n) is 7.21. The second-order valence-corrected chi connectivity index (χ2v) is 7.21. The van der Waals surface area contributed by atoms with Gasteiger partial charge in [0.05, 0.1) is 0 Å². The summed E-state index contributed by atoms with van der Waals surface area (Å²) >= 11 is 0. The molecule has 0 aliphatic carbocycles. The van der Waals surface area contributed by atoms with Crippen molar-refractivity contribution in [1.29, 1.82) is 0 Å². The van der Waals surface area contributed by atoms with Crippen LogP contribution in [0.4, 0.5) is 0 Å². The van der Waals surface area contributed by atoms with Crippen LogP contribution < -0.4 is 10.6 Å². The molecule has 0 fully saturated rings. The highest BCUT2D eigenvalue weighted by Crippen LogP contribution is 2.04. The van der Waals surface area contributed by atoms with Gasteiger partial charge < -0.3 is 10.6 Å². The van der Waals surface area contributed by atoms with E-state index in [1.807, 2.05) is 37.3 Å². The molecule has 0 spiro atoms. The summed E-state index contributed by atoms with van der Waals surface area (Å²) < 4.78 is 0. The first-order chi connectivity index (χ1) is 14.5. The molecular formula is C23H33N3O4. The van der Waals surface area contributed by atoms with E-state index in [4.69, 9.17) is 0 Å². The van der Waals surface area contributed by atoms with E-state index in [1.54, 1.807) is 13.0 Å². The number of allylic oxidation sites excluding steroid dienone is 1. The van der Waals surface area contributed by atoms with E-state index in [-0.39, 0.29) is 30.2 Å². The molecule has 7 heteroatoms. The number of unbranched alkanes of at least 4 members (excludes halogenated alkanes) is 2. The highest BCUT2D eigenvalue weighted by atomic mass is 16.2. The van der Waals surface area contributed by atoms with Crippen molar-refractivity contribution in [3.05, 3.63) is 48.0 Å². The summed E-state index contributed by atoms with van der Waals surface area (Å²) in [5.41, 5.74) is 1.17. The van der Waals surface area contributed by atoms with E-state index in [1.165, 1.54) is 11.6 Å². The number of carbonyl (C=O) groups is 4. The maximum atomic E-state index is 12.0. The van der Waals surface area contributed by atoms with Gasteiger partial charge in [0.25, 0.3) is 5.91 Å². The summed E-state index contributed by atoms with van der Waals surface area (Å²) in [5, 5.41) is 5.69. The fourth-order valence-electron chi connectivity index (χ4n) is 2.97. The summed E-state index contributed by atoms with van der Waals surface area (Å²) in [6.45, 7) is 4.32. The predicted octanol–water partition coefficient (Wildman–Crippen LogP) is 2.36. The number of hydrogen-bond acceptors (Lipinski definition) is 4. The van der Waals surface area contributed by atoms with Gasteiger partial charge in [-0.25, -0.2) is 0 Å². The van der Waals surface area contributed by atoms with Crippen molar-refractivity contribution >= 4 is 24.1 Å². The average molecular weight is 416 g/mol. The molecular weight excluding hydrogens is 382 g/mol. The fraction of sp³-hybridized carbons (Fsp3) is 0.478. The number of carbonyl (C=O) groups excluding carboxylic acids is 4.